The van der Waals surface area contributed by atoms with Crippen LogP contribution in [0.5, 0.6) is 0 Å². The van der Waals surface area contributed by atoms with E-state index in [4.69, 9.17) is 10.2 Å². The highest BCUT2D eigenvalue weighted by Gasteiger charge is 2.11. The first-order chi connectivity index (χ1) is 10.2. The van der Waals surface area contributed by atoms with Gasteiger partial charge in [0, 0.05) is 12.8 Å². The van der Waals surface area contributed by atoms with Crippen LogP contribution in [0, 0.1) is 23.7 Å². The van der Waals surface area contributed by atoms with E-state index >= 15 is 0 Å². The minimum atomic E-state index is -1.21. The molecule has 3 heteroatoms. The van der Waals surface area contributed by atoms with Crippen molar-refractivity contribution < 1.29 is 15.0 Å². The van der Waals surface area contributed by atoms with Gasteiger partial charge in [-0.05, 0) is 31.1 Å². The summed E-state index contributed by atoms with van der Waals surface area (Å²) in [6.07, 6.45) is 11.3. The molecule has 21 heavy (non-hydrogen) atoms. The lowest BCUT2D eigenvalue weighted by atomic mass is 10.1. The zero-order valence-corrected chi connectivity index (χ0v) is 12.5. The Kier molecular flexibility index (Phi) is 13.1. The number of aliphatic hydroxyl groups is 1. The maximum atomic E-state index is 10.4. The van der Waals surface area contributed by atoms with Gasteiger partial charge in [0.1, 0.15) is 0 Å². The normalized spacial score (nSPS) is 11.1. The molecule has 0 rings (SSSR count). The molecule has 0 aromatic rings. The Balaban J connectivity index is 3.43. The van der Waals surface area contributed by atoms with Crippen molar-refractivity contribution >= 4 is 5.97 Å². The zero-order chi connectivity index (χ0) is 15.8. The number of hydrogen-bond donors (Lipinski definition) is 2. The van der Waals surface area contributed by atoms with E-state index in [0.29, 0.717) is 19.3 Å². The third-order valence-electron chi connectivity index (χ3n) is 2.76. The summed E-state index contributed by atoms with van der Waals surface area (Å²) >= 11 is 0. The van der Waals surface area contributed by atoms with Crippen LogP contribution in [0.1, 0.15) is 51.4 Å². The first kappa shape index (κ1) is 19.0. The summed E-state index contributed by atoms with van der Waals surface area (Å²) in [4.78, 5) is 10.4. The predicted octanol–water partition coefficient (Wildman–Crippen LogP) is 3.30. The lowest BCUT2D eigenvalue weighted by Crippen LogP contribution is -2.18. The molecule has 2 N–H and O–H groups in total. The van der Waals surface area contributed by atoms with E-state index < -0.39 is 12.1 Å². The second-order valence-electron chi connectivity index (χ2n) is 4.62. The molecular weight excluding hydrogens is 264 g/mol. The average Bonchev–Trinajstić information content (AvgIpc) is 2.47. The highest BCUT2D eigenvalue weighted by molar-refractivity contribution is 5.71. The van der Waals surface area contributed by atoms with Crippen molar-refractivity contribution in [1.82, 2.24) is 0 Å². The van der Waals surface area contributed by atoms with Gasteiger partial charge in [-0.3, -0.25) is 0 Å². The largest absolute Gasteiger partial charge is 0.479 e. The van der Waals surface area contributed by atoms with Gasteiger partial charge in [-0.2, -0.15) is 0 Å². The van der Waals surface area contributed by atoms with Gasteiger partial charge in [0.05, 0.1) is 0 Å². The fourth-order valence-corrected chi connectivity index (χ4v) is 1.60. The number of unbranched alkanes of at least 4 members (excludes halogenated alkanes) is 4. The molecule has 0 aliphatic carbocycles. The van der Waals surface area contributed by atoms with Crippen molar-refractivity contribution in [2.75, 3.05) is 0 Å². The number of aliphatic carboxylic acids is 1. The zero-order valence-electron chi connectivity index (χ0n) is 12.5. The summed E-state index contributed by atoms with van der Waals surface area (Å²) in [7, 11) is 0. The van der Waals surface area contributed by atoms with Crippen LogP contribution in [0.25, 0.3) is 0 Å². The van der Waals surface area contributed by atoms with Gasteiger partial charge < -0.3 is 10.2 Å². The van der Waals surface area contributed by atoms with Crippen molar-refractivity contribution in [2.24, 2.45) is 0 Å². The van der Waals surface area contributed by atoms with Gasteiger partial charge in [0.25, 0.3) is 0 Å². The molecule has 0 spiro atoms. The molecule has 0 aromatic carbocycles. The molecule has 114 valence electrons. The van der Waals surface area contributed by atoms with Crippen LogP contribution in [0.2, 0.25) is 0 Å². The minimum Gasteiger partial charge on any atom is -0.479 e. The molecule has 0 saturated heterocycles. The molecule has 0 amide bonds. The Labute approximate surface area is 127 Å². The molecule has 3 nitrogen and oxygen atoms in total. The summed E-state index contributed by atoms with van der Waals surface area (Å²) in [5, 5.41) is 17.6. The van der Waals surface area contributed by atoms with Crippen LogP contribution in [0.3, 0.4) is 0 Å². The molecule has 0 aliphatic heterocycles. The van der Waals surface area contributed by atoms with Gasteiger partial charge in [-0.25, -0.2) is 4.79 Å². The van der Waals surface area contributed by atoms with Gasteiger partial charge in [-0.15, -0.1) is 6.58 Å². The van der Waals surface area contributed by atoms with Crippen LogP contribution >= 0.6 is 0 Å². The smallest absolute Gasteiger partial charge is 0.332 e. The summed E-state index contributed by atoms with van der Waals surface area (Å²) in [6, 6.07) is 0. The van der Waals surface area contributed by atoms with Crippen molar-refractivity contribution in [3.05, 3.63) is 24.8 Å². The van der Waals surface area contributed by atoms with Crippen LogP contribution < -0.4 is 0 Å². The molecule has 0 fully saturated rings. The fourth-order valence-electron chi connectivity index (χ4n) is 1.60. The summed E-state index contributed by atoms with van der Waals surface area (Å²) in [5.74, 6) is 10.2. The quantitative estimate of drug-likeness (QED) is 0.368. The summed E-state index contributed by atoms with van der Waals surface area (Å²) in [5.41, 5.74) is 0. The minimum absolute atomic E-state index is 0.341. The third-order valence-corrected chi connectivity index (χ3v) is 2.76. The van der Waals surface area contributed by atoms with Crippen LogP contribution in [0.15, 0.2) is 24.8 Å². The Bertz CT molecular complexity index is 441. The van der Waals surface area contributed by atoms with E-state index in [-0.39, 0.29) is 0 Å². The first-order valence-corrected chi connectivity index (χ1v) is 7.31. The molecular formula is C18H24O3. The van der Waals surface area contributed by atoms with Crippen molar-refractivity contribution in [2.45, 2.75) is 57.5 Å². The molecule has 0 aliphatic rings. The Morgan fingerprint density at radius 2 is 1.71 bits per heavy atom. The van der Waals surface area contributed by atoms with E-state index in [1.807, 2.05) is 6.08 Å². The number of carboxylic acids is 1. The van der Waals surface area contributed by atoms with Crippen LogP contribution in [-0.4, -0.2) is 22.3 Å². The van der Waals surface area contributed by atoms with Gasteiger partial charge >= 0.3 is 5.97 Å². The molecule has 0 radical (unpaired) electrons. The second kappa shape index (κ2) is 14.4. The Morgan fingerprint density at radius 1 is 1.05 bits per heavy atom. The standard InChI is InChI=1S/C18H24O3/c1-2-3-4-5-6-7-8-9-10-11-12-13-14-15-16-17(19)18(20)21/h2,9-10,17,19H,1,3,8,11-16H2,(H,20,21). The van der Waals surface area contributed by atoms with Gasteiger partial charge in [0.15, 0.2) is 6.10 Å². The number of hydrogen-bond acceptors (Lipinski definition) is 2. The first-order valence-electron chi connectivity index (χ1n) is 7.31. The van der Waals surface area contributed by atoms with Gasteiger partial charge in [-0.1, -0.05) is 49.3 Å². The number of carbonyl (C=O) groups is 1. The maximum Gasteiger partial charge on any atom is 0.332 e. The summed E-state index contributed by atoms with van der Waals surface area (Å²) < 4.78 is 0. The number of rotatable bonds is 10. The Morgan fingerprint density at radius 3 is 2.38 bits per heavy atom. The van der Waals surface area contributed by atoms with E-state index in [1.165, 1.54) is 0 Å². The van der Waals surface area contributed by atoms with Crippen LogP contribution in [-0.2, 0) is 4.79 Å². The molecule has 1 atom stereocenters. The van der Waals surface area contributed by atoms with Crippen molar-refractivity contribution in [1.29, 1.82) is 0 Å². The molecule has 0 bridgehead atoms. The number of carboxylic acid groups (broad SMARTS) is 1. The lowest BCUT2D eigenvalue weighted by molar-refractivity contribution is -0.146. The SMILES string of the molecule is C=CCC#CC#CCC=CCCCCCCC(O)C(=O)O. The van der Waals surface area contributed by atoms with Gasteiger partial charge in [0.2, 0.25) is 0 Å². The molecule has 0 heterocycles. The van der Waals surface area contributed by atoms with E-state index in [2.05, 4.69) is 36.3 Å². The highest BCUT2D eigenvalue weighted by Crippen LogP contribution is 2.08. The van der Waals surface area contributed by atoms with E-state index in [0.717, 1.165) is 32.1 Å². The highest BCUT2D eigenvalue weighted by atomic mass is 16.4. The number of aliphatic hydroxyl groups excluding tert-OH is 1. The monoisotopic (exact) mass is 288 g/mol. The molecule has 0 aromatic heterocycles. The maximum absolute atomic E-state index is 10.4. The van der Waals surface area contributed by atoms with Crippen molar-refractivity contribution in [3.63, 3.8) is 0 Å². The van der Waals surface area contributed by atoms with Crippen molar-refractivity contribution in [3.8, 4) is 23.7 Å². The molecule has 0 saturated carbocycles. The lowest BCUT2D eigenvalue weighted by Gasteiger charge is -2.04. The van der Waals surface area contributed by atoms with Crippen LogP contribution in [0.4, 0.5) is 0 Å². The average molecular weight is 288 g/mol. The predicted molar refractivity (Wildman–Crippen MR) is 85.5 cm³/mol. The fraction of sp³-hybridized carbons (Fsp3) is 0.500. The van der Waals surface area contributed by atoms with E-state index in [9.17, 15) is 4.79 Å². The Hall–Kier alpha value is -1.97. The third kappa shape index (κ3) is 14.3. The summed E-state index contributed by atoms with van der Waals surface area (Å²) in [6.45, 7) is 3.57. The molecule has 1 unspecified atom stereocenters. The van der Waals surface area contributed by atoms with E-state index in [1.54, 1.807) is 6.08 Å². The topological polar surface area (TPSA) is 57.5 Å². The second-order valence-corrected chi connectivity index (χ2v) is 4.62. The number of allylic oxidation sites excluding steroid dienone is 3.